The van der Waals surface area contributed by atoms with Crippen LogP contribution in [0, 0.1) is 22.7 Å². The van der Waals surface area contributed by atoms with Gasteiger partial charge in [-0.25, -0.2) is 0 Å². The molecular formula is C14H16N4. The van der Waals surface area contributed by atoms with Gasteiger partial charge in [0.1, 0.15) is 6.04 Å². The molecule has 1 aliphatic heterocycles. The number of piperazine rings is 1. The molecule has 0 saturated carbocycles. The number of nitriles is 2. The van der Waals surface area contributed by atoms with Gasteiger partial charge in [0, 0.05) is 25.7 Å². The molecule has 1 saturated heterocycles. The molecule has 1 aromatic carbocycles. The summed E-state index contributed by atoms with van der Waals surface area (Å²) in [5, 5.41) is 21.4. The van der Waals surface area contributed by atoms with Gasteiger partial charge in [-0.05, 0) is 5.56 Å². The summed E-state index contributed by atoms with van der Waals surface area (Å²) in [5.74, 6) is 0. The number of hydrogen-bond acceptors (Lipinski definition) is 4. The van der Waals surface area contributed by atoms with Crippen LogP contribution in [0.5, 0.6) is 0 Å². The van der Waals surface area contributed by atoms with E-state index in [-0.39, 0.29) is 12.1 Å². The van der Waals surface area contributed by atoms with Gasteiger partial charge < -0.3 is 5.32 Å². The lowest BCUT2D eigenvalue weighted by Crippen LogP contribution is -2.51. The molecule has 92 valence electrons. The zero-order valence-electron chi connectivity index (χ0n) is 10.2. The Labute approximate surface area is 107 Å². The normalized spacial score (nSPS) is 21.8. The van der Waals surface area contributed by atoms with Gasteiger partial charge in [-0.15, -0.1) is 0 Å². The second kappa shape index (κ2) is 6.16. The summed E-state index contributed by atoms with van der Waals surface area (Å²) in [4.78, 5) is 2.13. The molecule has 0 aliphatic carbocycles. The Morgan fingerprint density at radius 3 is 2.78 bits per heavy atom. The SMILES string of the molecule is N#CCC(c1ccccc1)N1CCNCC1C#N. The third kappa shape index (κ3) is 2.68. The third-order valence-corrected chi connectivity index (χ3v) is 3.30. The Kier molecular flexibility index (Phi) is 4.30. The molecule has 0 radical (unpaired) electrons. The van der Waals surface area contributed by atoms with Crippen molar-refractivity contribution in [2.45, 2.75) is 18.5 Å². The maximum atomic E-state index is 9.21. The summed E-state index contributed by atoms with van der Waals surface area (Å²) in [6.45, 7) is 2.34. The highest BCUT2D eigenvalue weighted by Gasteiger charge is 2.29. The standard InChI is InChI=1S/C14H16N4/c15-7-6-14(12-4-2-1-3-5-12)18-9-8-17-11-13(18)10-16/h1-5,13-14,17H,6,8-9,11H2. The third-order valence-electron chi connectivity index (χ3n) is 3.30. The Balaban J connectivity index is 2.25. The average molecular weight is 240 g/mol. The van der Waals surface area contributed by atoms with Gasteiger partial charge >= 0.3 is 0 Å². The predicted octanol–water partition coefficient (Wildman–Crippen LogP) is 1.44. The molecular weight excluding hydrogens is 224 g/mol. The molecule has 2 rings (SSSR count). The molecule has 2 unspecified atom stereocenters. The van der Waals surface area contributed by atoms with E-state index >= 15 is 0 Å². The first-order chi connectivity index (χ1) is 8.86. The van der Waals surface area contributed by atoms with Crippen molar-refractivity contribution in [2.24, 2.45) is 0 Å². The van der Waals surface area contributed by atoms with E-state index in [2.05, 4.69) is 22.4 Å². The monoisotopic (exact) mass is 240 g/mol. The summed E-state index contributed by atoms with van der Waals surface area (Å²) < 4.78 is 0. The number of benzene rings is 1. The fourth-order valence-electron chi connectivity index (χ4n) is 2.40. The Morgan fingerprint density at radius 1 is 1.33 bits per heavy atom. The number of nitrogens with zero attached hydrogens (tertiary/aromatic N) is 3. The van der Waals surface area contributed by atoms with Gasteiger partial charge in [-0.2, -0.15) is 10.5 Å². The smallest absolute Gasteiger partial charge is 0.111 e. The zero-order valence-corrected chi connectivity index (χ0v) is 10.2. The van der Waals surface area contributed by atoms with E-state index in [1.807, 2.05) is 30.3 Å². The molecule has 1 fully saturated rings. The van der Waals surface area contributed by atoms with E-state index in [9.17, 15) is 5.26 Å². The van der Waals surface area contributed by atoms with Crippen LogP contribution >= 0.6 is 0 Å². The van der Waals surface area contributed by atoms with Gasteiger partial charge in [0.2, 0.25) is 0 Å². The number of nitrogens with one attached hydrogen (secondary N) is 1. The molecule has 1 heterocycles. The minimum atomic E-state index is -0.155. The van der Waals surface area contributed by atoms with E-state index in [0.29, 0.717) is 13.0 Å². The molecule has 0 bridgehead atoms. The van der Waals surface area contributed by atoms with Crippen LogP contribution in [0.25, 0.3) is 0 Å². The van der Waals surface area contributed by atoms with E-state index < -0.39 is 0 Å². The van der Waals surface area contributed by atoms with E-state index in [0.717, 1.165) is 18.7 Å². The molecule has 1 aromatic rings. The second-order valence-corrected chi connectivity index (χ2v) is 4.38. The van der Waals surface area contributed by atoms with Gasteiger partial charge in [0.05, 0.1) is 18.6 Å². The van der Waals surface area contributed by atoms with E-state index in [1.54, 1.807) is 0 Å². The zero-order chi connectivity index (χ0) is 12.8. The largest absolute Gasteiger partial charge is 0.313 e. The Morgan fingerprint density at radius 2 is 2.11 bits per heavy atom. The van der Waals surface area contributed by atoms with Crippen LogP contribution in [0.3, 0.4) is 0 Å². The maximum Gasteiger partial charge on any atom is 0.111 e. The van der Waals surface area contributed by atoms with Crippen molar-refractivity contribution >= 4 is 0 Å². The van der Waals surface area contributed by atoms with Crippen LogP contribution in [-0.2, 0) is 0 Å². The van der Waals surface area contributed by atoms with Crippen molar-refractivity contribution in [3.8, 4) is 12.1 Å². The topological polar surface area (TPSA) is 62.9 Å². The van der Waals surface area contributed by atoms with Gasteiger partial charge in [0.15, 0.2) is 0 Å². The quantitative estimate of drug-likeness (QED) is 0.868. The van der Waals surface area contributed by atoms with Crippen molar-refractivity contribution in [3.05, 3.63) is 35.9 Å². The molecule has 1 aliphatic rings. The minimum Gasteiger partial charge on any atom is -0.313 e. The average Bonchev–Trinajstić information content (AvgIpc) is 2.46. The number of hydrogen-bond donors (Lipinski definition) is 1. The van der Waals surface area contributed by atoms with Gasteiger partial charge in [0.25, 0.3) is 0 Å². The summed E-state index contributed by atoms with van der Waals surface area (Å²) >= 11 is 0. The molecule has 18 heavy (non-hydrogen) atoms. The first kappa shape index (κ1) is 12.6. The molecule has 0 amide bonds. The second-order valence-electron chi connectivity index (χ2n) is 4.38. The van der Waals surface area contributed by atoms with Gasteiger partial charge in [-0.3, -0.25) is 4.90 Å². The van der Waals surface area contributed by atoms with Crippen LogP contribution in [0.2, 0.25) is 0 Å². The first-order valence-electron chi connectivity index (χ1n) is 6.15. The lowest BCUT2D eigenvalue weighted by atomic mass is 10.00. The molecule has 0 spiro atoms. The molecule has 2 atom stereocenters. The highest BCUT2D eigenvalue weighted by atomic mass is 15.2. The summed E-state index contributed by atoms with van der Waals surface area (Å²) in [7, 11) is 0. The minimum absolute atomic E-state index is 0.0166. The van der Waals surface area contributed by atoms with Crippen molar-refractivity contribution in [1.29, 1.82) is 10.5 Å². The molecule has 4 heteroatoms. The van der Waals surface area contributed by atoms with Crippen LogP contribution < -0.4 is 5.32 Å². The summed E-state index contributed by atoms with van der Waals surface area (Å²) in [6, 6.07) is 14.4. The fourth-order valence-corrected chi connectivity index (χ4v) is 2.40. The van der Waals surface area contributed by atoms with Crippen molar-refractivity contribution in [2.75, 3.05) is 19.6 Å². The molecule has 0 aromatic heterocycles. The Hall–Kier alpha value is -1.88. The first-order valence-corrected chi connectivity index (χ1v) is 6.15. The maximum absolute atomic E-state index is 9.21. The van der Waals surface area contributed by atoms with Crippen molar-refractivity contribution in [1.82, 2.24) is 10.2 Å². The summed E-state index contributed by atoms with van der Waals surface area (Å²) in [5.41, 5.74) is 1.11. The van der Waals surface area contributed by atoms with Gasteiger partial charge in [-0.1, -0.05) is 30.3 Å². The van der Waals surface area contributed by atoms with Crippen LogP contribution in [0.1, 0.15) is 18.0 Å². The lowest BCUT2D eigenvalue weighted by molar-refractivity contribution is 0.138. The highest BCUT2D eigenvalue weighted by Crippen LogP contribution is 2.26. The van der Waals surface area contributed by atoms with Crippen molar-refractivity contribution in [3.63, 3.8) is 0 Å². The lowest BCUT2D eigenvalue weighted by Gasteiger charge is -2.37. The Bertz CT molecular complexity index is 457. The predicted molar refractivity (Wildman–Crippen MR) is 68.4 cm³/mol. The van der Waals surface area contributed by atoms with Crippen LogP contribution in [0.4, 0.5) is 0 Å². The van der Waals surface area contributed by atoms with Crippen molar-refractivity contribution < 1.29 is 0 Å². The fraction of sp³-hybridized carbons (Fsp3) is 0.429. The van der Waals surface area contributed by atoms with Crippen LogP contribution in [-0.4, -0.2) is 30.6 Å². The van der Waals surface area contributed by atoms with Crippen LogP contribution in [0.15, 0.2) is 30.3 Å². The highest BCUT2D eigenvalue weighted by molar-refractivity contribution is 5.21. The van der Waals surface area contributed by atoms with E-state index in [4.69, 9.17) is 5.26 Å². The molecule has 4 nitrogen and oxygen atoms in total. The summed E-state index contributed by atoms with van der Waals surface area (Å²) in [6.07, 6.45) is 0.419. The molecule has 1 N–H and O–H groups in total. The van der Waals surface area contributed by atoms with E-state index in [1.165, 1.54) is 0 Å². The number of rotatable bonds is 3.